The number of methoxy groups -OCH3 is 1. The zero-order valence-electron chi connectivity index (χ0n) is 15.2. The maximum Gasteiger partial charge on any atom is 0.186 e. The number of hydrogen-bond donors (Lipinski definition) is 1. The van der Waals surface area contributed by atoms with Crippen LogP contribution >= 0.6 is 0 Å². The Morgan fingerprint density at radius 2 is 1.48 bits per heavy atom. The lowest BCUT2D eigenvalue weighted by atomic mass is 10.0. The van der Waals surface area contributed by atoms with Gasteiger partial charge in [-0.2, -0.15) is 0 Å². The van der Waals surface area contributed by atoms with E-state index in [1.165, 1.54) is 7.11 Å². The van der Waals surface area contributed by atoms with Gasteiger partial charge in [0.25, 0.3) is 0 Å². The van der Waals surface area contributed by atoms with E-state index in [9.17, 15) is 5.11 Å². The first-order chi connectivity index (χ1) is 12.7. The van der Waals surface area contributed by atoms with Crippen molar-refractivity contribution in [2.75, 3.05) is 13.7 Å². The van der Waals surface area contributed by atoms with Crippen molar-refractivity contribution in [3.8, 4) is 0 Å². The SMILES string of the molecule is [2H][C@@H]1O[C@H](OC)[C@H](OCc2ccccc2)[C@@H](OCc2ccccc2)[C@H]1O. The van der Waals surface area contributed by atoms with Crippen LogP contribution in [-0.2, 0) is 32.2 Å². The molecule has 2 aromatic carbocycles. The van der Waals surface area contributed by atoms with Gasteiger partial charge in [-0.05, 0) is 11.1 Å². The number of aliphatic hydroxyl groups excluding tert-OH is 1. The molecule has 1 saturated heterocycles. The van der Waals surface area contributed by atoms with Gasteiger partial charge < -0.3 is 24.1 Å². The first-order valence-corrected chi connectivity index (χ1v) is 8.28. The van der Waals surface area contributed by atoms with Crippen LogP contribution in [0.2, 0.25) is 0 Å². The normalized spacial score (nSPS) is 30.0. The first kappa shape index (κ1) is 16.7. The minimum atomic E-state index is -1.16. The predicted molar refractivity (Wildman–Crippen MR) is 92.8 cm³/mol. The number of benzene rings is 2. The van der Waals surface area contributed by atoms with E-state index < -0.39 is 31.2 Å². The third kappa shape index (κ3) is 4.87. The summed E-state index contributed by atoms with van der Waals surface area (Å²) in [4.78, 5) is 0. The second-order valence-electron chi connectivity index (χ2n) is 5.89. The number of rotatable bonds is 7. The molecule has 0 aliphatic carbocycles. The van der Waals surface area contributed by atoms with Crippen molar-refractivity contribution in [1.82, 2.24) is 0 Å². The Kier molecular flexibility index (Phi) is 6.06. The number of ether oxygens (including phenoxy) is 4. The summed E-state index contributed by atoms with van der Waals surface area (Å²) in [7, 11) is 1.49. The highest BCUT2D eigenvalue weighted by Crippen LogP contribution is 2.24. The van der Waals surface area contributed by atoms with Gasteiger partial charge in [0.05, 0.1) is 21.2 Å². The van der Waals surface area contributed by atoms with Crippen LogP contribution in [0, 0.1) is 0 Å². The van der Waals surface area contributed by atoms with E-state index in [4.69, 9.17) is 20.3 Å². The predicted octanol–water partition coefficient (Wildman–Crippen LogP) is 2.52. The summed E-state index contributed by atoms with van der Waals surface area (Å²) < 4.78 is 30.6. The van der Waals surface area contributed by atoms with Gasteiger partial charge >= 0.3 is 0 Å². The van der Waals surface area contributed by atoms with Crippen LogP contribution < -0.4 is 0 Å². The molecular formula is C20H24O5. The van der Waals surface area contributed by atoms with Crippen molar-refractivity contribution >= 4 is 0 Å². The van der Waals surface area contributed by atoms with E-state index in [-0.39, 0.29) is 0 Å². The van der Waals surface area contributed by atoms with E-state index in [0.717, 1.165) is 11.1 Å². The fourth-order valence-electron chi connectivity index (χ4n) is 2.75. The maximum atomic E-state index is 10.4. The minimum Gasteiger partial charge on any atom is -0.388 e. The standard InChI is InChI=1S/C20H24O5/c1-22-20-19(24-13-16-10-6-3-7-11-16)18(17(21)14-25-20)23-12-15-8-4-2-5-9-15/h2-11,17-21H,12-14H2,1H3/t17-,18-,19+,20-/m0/s1/i14D/t14-,17-,18-,19+,20-. The van der Waals surface area contributed by atoms with Crippen LogP contribution in [0.15, 0.2) is 60.7 Å². The Morgan fingerprint density at radius 1 is 0.960 bits per heavy atom. The summed E-state index contributed by atoms with van der Waals surface area (Å²) in [5, 5.41) is 10.4. The smallest absolute Gasteiger partial charge is 0.186 e. The Labute approximate surface area is 149 Å². The van der Waals surface area contributed by atoms with E-state index in [2.05, 4.69) is 0 Å². The van der Waals surface area contributed by atoms with Crippen molar-refractivity contribution < 1.29 is 25.4 Å². The topological polar surface area (TPSA) is 57.2 Å². The van der Waals surface area contributed by atoms with Crippen LogP contribution in [0.1, 0.15) is 12.5 Å². The molecule has 1 heterocycles. The van der Waals surface area contributed by atoms with Crippen molar-refractivity contribution in [3.63, 3.8) is 0 Å². The summed E-state index contributed by atoms with van der Waals surface area (Å²) in [6, 6.07) is 19.4. The van der Waals surface area contributed by atoms with Gasteiger partial charge in [-0.1, -0.05) is 60.7 Å². The van der Waals surface area contributed by atoms with E-state index in [0.29, 0.717) is 13.2 Å². The van der Waals surface area contributed by atoms with E-state index >= 15 is 0 Å². The molecule has 0 bridgehead atoms. The molecule has 0 radical (unpaired) electrons. The molecule has 0 saturated carbocycles. The number of hydrogen-bond acceptors (Lipinski definition) is 5. The van der Waals surface area contributed by atoms with Gasteiger partial charge in [-0.15, -0.1) is 0 Å². The monoisotopic (exact) mass is 345 g/mol. The largest absolute Gasteiger partial charge is 0.388 e. The van der Waals surface area contributed by atoms with Gasteiger partial charge in [0.2, 0.25) is 0 Å². The Morgan fingerprint density at radius 3 is 2.00 bits per heavy atom. The molecule has 1 aliphatic heterocycles. The van der Waals surface area contributed by atoms with Gasteiger partial charge in [0.1, 0.15) is 18.3 Å². The lowest BCUT2D eigenvalue weighted by Crippen LogP contribution is -2.55. The second kappa shape index (κ2) is 9.08. The lowest BCUT2D eigenvalue weighted by Gasteiger charge is -2.39. The molecule has 2 aromatic rings. The minimum absolute atomic E-state index is 0.302. The second-order valence-corrected chi connectivity index (χ2v) is 5.89. The van der Waals surface area contributed by atoms with Crippen LogP contribution in [-0.4, -0.2) is 43.4 Å². The van der Waals surface area contributed by atoms with Gasteiger partial charge in [-0.25, -0.2) is 0 Å². The third-order valence-electron chi connectivity index (χ3n) is 4.08. The highest BCUT2D eigenvalue weighted by molar-refractivity contribution is 5.14. The fraction of sp³-hybridized carbons (Fsp3) is 0.400. The van der Waals surface area contributed by atoms with Crippen LogP contribution in [0.25, 0.3) is 0 Å². The van der Waals surface area contributed by atoms with E-state index in [1.807, 2.05) is 60.7 Å². The molecule has 1 N–H and O–H groups in total. The molecule has 0 spiro atoms. The van der Waals surface area contributed by atoms with Gasteiger partial charge in [-0.3, -0.25) is 0 Å². The van der Waals surface area contributed by atoms with Gasteiger partial charge in [0, 0.05) is 7.11 Å². The van der Waals surface area contributed by atoms with Gasteiger partial charge in [0.15, 0.2) is 6.29 Å². The Bertz CT molecular complexity index is 610. The summed E-state index contributed by atoms with van der Waals surface area (Å²) in [5.41, 5.74) is 1.97. The Hall–Kier alpha value is -1.76. The molecular weight excluding hydrogens is 320 g/mol. The van der Waals surface area contributed by atoms with Crippen molar-refractivity contribution in [2.24, 2.45) is 0 Å². The fourth-order valence-corrected chi connectivity index (χ4v) is 2.75. The quantitative estimate of drug-likeness (QED) is 0.836. The molecule has 5 atom stereocenters. The molecule has 0 aromatic heterocycles. The summed E-state index contributed by atoms with van der Waals surface area (Å²) in [6.45, 7) is -0.524. The van der Waals surface area contributed by atoms with Crippen molar-refractivity contribution in [2.45, 2.75) is 37.8 Å². The molecule has 25 heavy (non-hydrogen) atoms. The van der Waals surface area contributed by atoms with Crippen LogP contribution in [0.4, 0.5) is 0 Å². The molecule has 5 nitrogen and oxygen atoms in total. The van der Waals surface area contributed by atoms with Crippen molar-refractivity contribution in [1.29, 1.82) is 0 Å². The van der Waals surface area contributed by atoms with Crippen LogP contribution in [0.3, 0.4) is 0 Å². The average molecular weight is 345 g/mol. The lowest BCUT2D eigenvalue weighted by molar-refractivity contribution is -0.286. The van der Waals surface area contributed by atoms with Crippen molar-refractivity contribution in [3.05, 3.63) is 71.8 Å². The highest BCUT2D eigenvalue weighted by atomic mass is 16.7. The third-order valence-corrected chi connectivity index (χ3v) is 4.08. The zero-order chi connectivity index (χ0) is 18.4. The van der Waals surface area contributed by atoms with Crippen LogP contribution in [0.5, 0.6) is 0 Å². The molecule has 5 heteroatoms. The maximum absolute atomic E-state index is 10.4. The summed E-state index contributed by atoms with van der Waals surface area (Å²) >= 11 is 0. The first-order valence-electron chi connectivity index (χ1n) is 8.86. The molecule has 0 unspecified atom stereocenters. The Balaban J connectivity index is 1.71. The molecule has 134 valence electrons. The number of aliphatic hydroxyl groups is 1. The molecule has 0 amide bonds. The summed E-state index contributed by atoms with van der Waals surface area (Å²) in [6.07, 6.45) is -3.31. The molecule has 1 aliphatic rings. The highest BCUT2D eigenvalue weighted by Gasteiger charge is 2.41. The average Bonchev–Trinajstić information content (AvgIpc) is 2.69. The summed E-state index contributed by atoms with van der Waals surface area (Å²) in [5.74, 6) is 0. The molecule has 3 rings (SSSR count). The zero-order valence-corrected chi connectivity index (χ0v) is 14.2. The van der Waals surface area contributed by atoms with E-state index in [1.54, 1.807) is 0 Å². The molecule has 1 fully saturated rings.